The first-order chi connectivity index (χ1) is 8.36. The van der Waals surface area contributed by atoms with E-state index in [1.54, 1.807) is 0 Å². The first kappa shape index (κ1) is 15.2. The second kappa shape index (κ2) is 6.38. The van der Waals surface area contributed by atoms with Gasteiger partial charge in [-0.15, -0.1) is 0 Å². The lowest BCUT2D eigenvalue weighted by Crippen LogP contribution is -2.54. The third-order valence-electron chi connectivity index (χ3n) is 3.43. The molecule has 0 radical (unpaired) electrons. The van der Waals surface area contributed by atoms with Gasteiger partial charge in [-0.05, 0) is 46.0 Å². The monoisotopic (exact) mass is 258 g/mol. The zero-order chi connectivity index (χ0) is 13.8. The SMILES string of the molecule is CC(C)(C)N(C(=O)O)[C@H](CN)C[C@H]1CCCOC1. The summed E-state index contributed by atoms with van der Waals surface area (Å²) in [4.78, 5) is 12.9. The van der Waals surface area contributed by atoms with Crippen molar-refractivity contribution in [3.8, 4) is 0 Å². The summed E-state index contributed by atoms with van der Waals surface area (Å²) in [5.41, 5.74) is 5.35. The van der Waals surface area contributed by atoms with Crippen LogP contribution in [0.4, 0.5) is 4.79 Å². The standard InChI is InChI=1S/C13H26N2O3/c1-13(2,3)15(12(16)17)11(8-14)7-10-5-4-6-18-9-10/h10-11H,4-9,14H2,1-3H3,(H,16,17)/t10-,11+/m1/s1. The molecule has 0 unspecified atom stereocenters. The summed E-state index contributed by atoms with van der Waals surface area (Å²) in [5.74, 6) is 0.427. The second-order valence-corrected chi connectivity index (χ2v) is 6.03. The minimum Gasteiger partial charge on any atom is -0.465 e. The minimum absolute atomic E-state index is 0.130. The molecule has 18 heavy (non-hydrogen) atoms. The maximum atomic E-state index is 11.4. The molecule has 106 valence electrons. The fourth-order valence-corrected chi connectivity index (χ4v) is 2.68. The van der Waals surface area contributed by atoms with Gasteiger partial charge in [0.05, 0.1) is 0 Å². The fraction of sp³-hybridized carbons (Fsp3) is 0.923. The molecule has 1 heterocycles. The zero-order valence-electron chi connectivity index (χ0n) is 11.7. The van der Waals surface area contributed by atoms with Gasteiger partial charge in [-0.1, -0.05) is 0 Å². The van der Waals surface area contributed by atoms with Gasteiger partial charge < -0.3 is 15.6 Å². The predicted octanol–water partition coefficient (Wildman–Crippen LogP) is 1.91. The van der Waals surface area contributed by atoms with E-state index in [1.165, 1.54) is 4.90 Å². The molecule has 1 aliphatic heterocycles. The molecule has 1 fully saturated rings. The van der Waals surface area contributed by atoms with Crippen molar-refractivity contribution in [2.24, 2.45) is 11.7 Å². The Hall–Kier alpha value is -0.810. The maximum absolute atomic E-state index is 11.4. The third kappa shape index (κ3) is 4.14. The summed E-state index contributed by atoms with van der Waals surface area (Å²) in [6.45, 7) is 7.63. The molecule has 1 aliphatic rings. The summed E-state index contributed by atoms with van der Waals surface area (Å²) in [6.07, 6.45) is 2.06. The van der Waals surface area contributed by atoms with E-state index in [1.807, 2.05) is 20.8 Å². The second-order valence-electron chi connectivity index (χ2n) is 6.03. The fourth-order valence-electron chi connectivity index (χ4n) is 2.68. The Morgan fingerprint density at radius 3 is 2.61 bits per heavy atom. The zero-order valence-corrected chi connectivity index (χ0v) is 11.7. The topological polar surface area (TPSA) is 75.8 Å². The number of amides is 1. The summed E-state index contributed by atoms with van der Waals surface area (Å²) in [6, 6.07) is -0.130. The molecule has 0 spiro atoms. The van der Waals surface area contributed by atoms with Crippen molar-refractivity contribution in [2.45, 2.75) is 51.6 Å². The first-order valence-electron chi connectivity index (χ1n) is 6.66. The van der Waals surface area contributed by atoms with Crippen molar-refractivity contribution < 1.29 is 14.6 Å². The van der Waals surface area contributed by atoms with Crippen LogP contribution in [0.25, 0.3) is 0 Å². The van der Waals surface area contributed by atoms with Crippen molar-refractivity contribution >= 4 is 6.09 Å². The van der Waals surface area contributed by atoms with Crippen molar-refractivity contribution in [3.05, 3.63) is 0 Å². The molecule has 0 aromatic rings. The van der Waals surface area contributed by atoms with E-state index in [4.69, 9.17) is 10.5 Å². The molecule has 0 aromatic heterocycles. The minimum atomic E-state index is -0.894. The lowest BCUT2D eigenvalue weighted by atomic mass is 9.91. The average molecular weight is 258 g/mol. The van der Waals surface area contributed by atoms with E-state index < -0.39 is 11.6 Å². The number of carbonyl (C=O) groups is 1. The normalized spacial score (nSPS) is 22.6. The van der Waals surface area contributed by atoms with Gasteiger partial charge in [0.15, 0.2) is 0 Å². The van der Waals surface area contributed by atoms with Gasteiger partial charge in [-0.25, -0.2) is 4.79 Å². The van der Waals surface area contributed by atoms with E-state index in [9.17, 15) is 9.90 Å². The molecule has 0 saturated carbocycles. The Balaban J connectivity index is 2.69. The van der Waals surface area contributed by atoms with Gasteiger partial charge in [0, 0.05) is 31.3 Å². The van der Waals surface area contributed by atoms with Gasteiger partial charge in [0.1, 0.15) is 0 Å². The molecule has 0 aliphatic carbocycles. The quantitative estimate of drug-likeness (QED) is 0.807. The lowest BCUT2D eigenvalue weighted by molar-refractivity contribution is 0.0237. The van der Waals surface area contributed by atoms with E-state index in [0.717, 1.165) is 32.5 Å². The molecular formula is C13H26N2O3. The van der Waals surface area contributed by atoms with Crippen LogP contribution in [0.5, 0.6) is 0 Å². The first-order valence-corrected chi connectivity index (χ1v) is 6.66. The van der Waals surface area contributed by atoms with Gasteiger partial charge in [-0.2, -0.15) is 0 Å². The van der Waals surface area contributed by atoms with Crippen LogP contribution < -0.4 is 5.73 Å². The van der Waals surface area contributed by atoms with Gasteiger partial charge in [0.25, 0.3) is 0 Å². The molecule has 0 aromatic carbocycles. The molecule has 3 N–H and O–H groups in total. The van der Waals surface area contributed by atoms with Crippen molar-refractivity contribution in [3.63, 3.8) is 0 Å². The Morgan fingerprint density at radius 2 is 2.22 bits per heavy atom. The molecule has 1 rings (SSSR count). The van der Waals surface area contributed by atoms with Crippen LogP contribution >= 0.6 is 0 Å². The predicted molar refractivity (Wildman–Crippen MR) is 70.6 cm³/mol. The van der Waals surface area contributed by atoms with Gasteiger partial charge in [0.2, 0.25) is 0 Å². The highest BCUT2D eigenvalue weighted by molar-refractivity contribution is 5.66. The third-order valence-corrected chi connectivity index (χ3v) is 3.43. The number of hydrogen-bond acceptors (Lipinski definition) is 3. The molecule has 2 atom stereocenters. The summed E-state index contributed by atoms with van der Waals surface area (Å²) < 4.78 is 5.45. The Bertz CT molecular complexity index is 270. The van der Waals surface area contributed by atoms with Crippen LogP contribution in [0.2, 0.25) is 0 Å². The highest BCUT2D eigenvalue weighted by Crippen LogP contribution is 2.25. The molecule has 1 saturated heterocycles. The largest absolute Gasteiger partial charge is 0.465 e. The highest BCUT2D eigenvalue weighted by Gasteiger charge is 2.34. The maximum Gasteiger partial charge on any atom is 0.408 e. The molecule has 1 amide bonds. The van der Waals surface area contributed by atoms with Gasteiger partial charge >= 0.3 is 6.09 Å². The number of carboxylic acid groups (broad SMARTS) is 1. The number of nitrogens with two attached hydrogens (primary N) is 1. The number of ether oxygens (including phenoxy) is 1. The van der Waals surface area contributed by atoms with Gasteiger partial charge in [-0.3, -0.25) is 4.90 Å². The number of nitrogens with zero attached hydrogens (tertiary/aromatic N) is 1. The molecule has 5 heteroatoms. The van der Waals surface area contributed by atoms with Crippen LogP contribution in [0.1, 0.15) is 40.0 Å². The van der Waals surface area contributed by atoms with Crippen LogP contribution in [0.3, 0.4) is 0 Å². The van der Waals surface area contributed by atoms with Crippen LogP contribution in [0, 0.1) is 5.92 Å². The molecular weight excluding hydrogens is 232 g/mol. The van der Waals surface area contributed by atoms with Crippen molar-refractivity contribution in [2.75, 3.05) is 19.8 Å². The van der Waals surface area contributed by atoms with E-state index in [2.05, 4.69) is 0 Å². The van der Waals surface area contributed by atoms with Crippen LogP contribution in [-0.2, 0) is 4.74 Å². The van der Waals surface area contributed by atoms with Crippen molar-refractivity contribution in [1.29, 1.82) is 0 Å². The van der Waals surface area contributed by atoms with Crippen LogP contribution in [-0.4, -0.2) is 47.4 Å². The number of hydrogen-bond donors (Lipinski definition) is 2. The Labute approximate surface area is 109 Å². The highest BCUT2D eigenvalue weighted by atomic mass is 16.5. The van der Waals surface area contributed by atoms with E-state index >= 15 is 0 Å². The smallest absolute Gasteiger partial charge is 0.408 e. The Morgan fingerprint density at radius 1 is 1.56 bits per heavy atom. The number of rotatable bonds is 4. The molecule has 5 nitrogen and oxygen atoms in total. The Kier molecular flexibility index (Phi) is 5.41. The molecule has 0 bridgehead atoms. The van der Waals surface area contributed by atoms with Crippen molar-refractivity contribution in [1.82, 2.24) is 4.90 Å². The lowest BCUT2D eigenvalue weighted by Gasteiger charge is -2.40. The summed E-state index contributed by atoms with van der Waals surface area (Å²) >= 11 is 0. The van der Waals surface area contributed by atoms with Crippen LogP contribution in [0.15, 0.2) is 0 Å². The van der Waals surface area contributed by atoms with E-state index in [0.29, 0.717) is 12.5 Å². The average Bonchev–Trinajstić information content (AvgIpc) is 2.27. The summed E-state index contributed by atoms with van der Waals surface area (Å²) in [5, 5.41) is 9.38. The van der Waals surface area contributed by atoms with E-state index in [-0.39, 0.29) is 6.04 Å². The summed E-state index contributed by atoms with van der Waals surface area (Å²) in [7, 11) is 0.